The fourth-order valence-corrected chi connectivity index (χ4v) is 4.48. The van der Waals surface area contributed by atoms with Gasteiger partial charge in [0.25, 0.3) is 0 Å². The highest BCUT2D eigenvalue weighted by Crippen LogP contribution is 2.39. The molecule has 5 rings (SSSR count). The van der Waals surface area contributed by atoms with Crippen LogP contribution in [0.1, 0.15) is 62.5 Å². The van der Waals surface area contributed by atoms with E-state index in [1.807, 2.05) is 45.8 Å². The van der Waals surface area contributed by atoms with Crippen molar-refractivity contribution >= 4 is 17.3 Å². The Bertz CT molecular complexity index is 1130. The van der Waals surface area contributed by atoms with Crippen LogP contribution in [0.5, 0.6) is 5.75 Å². The summed E-state index contributed by atoms with van der Waals surface area (Å²) in [4.78, 5) is 20.6. The van der Waals surface area contributed by atoms with E-state index in [-0.39, 0.29) is 17.9 Å². The SMILES string of the molecule is C/C(=C\N1CCOc2cc(C3CN(C(=O)C4(N)CC4)C3)ccc2C1=N)c1ncnn1C(C)C. The van der Waals surface area contributed by atoms with Gasteiger partial charge in [-0.05, 0) is 51.3 Å². The van der Waals surface area contributed by atoms with Crippen LogP contribution in [0.15, 0.2) is 30.7 Å². The Morgan fingerprint density at radius 3 is 2.79 bits per heavy atom. The van der Waals surface area contributed by atoms with E-state index in [4.69, 9.17) is 15.9 Å². The van der Waals surface area contributed by atoms with Crippen molar-refractivity contribution < 1.29 is 9.53 Å². The summed E-state index contributed by atoms with van der Waals surface area (Å²) in [7, 11) is 0. The fraction of sp³-hybridized carbons (Fsp3) is 0.500. The van der Waals surface area contributed by atoms with E-state index in [9.17, 15) is 4.79 Å². The van der Waals surface area contributed by atoms with Gasteiger partial charge in [-0.15, -0.1) is 0 Å². The number of hydrogen-bond donors (Lipinski definition) is 2. The summed E-state index contributed by atoms with van der Waals surface area (Å²) < 4.78 is 7.92. The first-order chi connectivity index (χ1) is 15.8. The zero-order valence-electron chi connectivity index (χ0n) is 19.4. The number of amidine groups is 1. The number of carbonyl (C=O) groups excluding carboxylic acids is 1. The summed E-state index contributed by atoms with van der Waals surface area (Å²) in [6.45, 7) is 8.56. The second-order valence-corrected chi connectivity index (χ2v) is 9.64. The predicted molar refractivity (Wildman–Crippen MR) is 125 cm³/mol. The third kappa shape index (κ3) is 3.90. The quantitative estimate of drug-likeness (QED) is 0.724. The number of allylic oxidation sites excluding steroid dienone is 1. The Hall–Kier alpha value is -3.20. The maximum Gasteiger partial charge on any atom is 0.242 e. The zero-order chi connectivity index (χ0) is 23.3. The molecule has 2 aliphatic heterocycles. The van der Waals surface area contributed by atoms with Crippen molar-refractivity contribution in [1.82, 2.24) is 24.6 Å². The van der Waals surface area contributed by atoms with Crippen LogP contribution in [0.3, 0.4) is 0 Å². The van der Waals surface area contributed by atoms with E-state index < -0.39 is 5.54 Å². The van der Waals surface area contributed by atoms with Crippen molar-refractivity contribution in [3.8, 4) is 5.75 Å². The molecule has 0 spiro atoms. The number of amides is 1. The van der Waals surface area contributed by atoms with Crippen LogP contribution in [0.25, 0.3) is 5.57 Å². The first-order valence-electron chi connectivity index (χ1n) is 11.6. The number of nitrogens with one attached hydrogen (secondary N) is 1. The second-order valence-electron chi connectivity index (χ2n) is 9.64. The Morgan fingerprint density at radius 1 is 1.33 bits per heavy atom. The molecule has 1 aromatic carbocycles. The van der Waals surface area contributed by atoms with E-state index in [2.05, 4.69) is 23.9 Å². The molecule has 0 unspecified atom stereocenters. The van der Waals surface area contributed by atoms with Crippen molar-refractivity contribution in [2.45, 2.75) is 51.1 Å². The van der Waals surface area contributed by atoms with Crippen LogP contribution in [-0.2, 0) is 4.79 Å². The van der Waals surface area contributed by atoms with E-state index in [0.29, 0.717) is 32.1 Å². The van der Waals surface area contributed by atoms with E-state index in [1.54, 1.807) is 6.33 Å². The van der Waals surface area contributed by atoms with E-state index in [1.165, 1.54) is 0 Å². The van der Waals surface area contributed by atoms with Gasteiger partial charge in [0.1, 0.15) is 24.5 Å². The molecule has 3 aliphatic rings. The largest absolute Gasteiger partial charge is 0.491 e. The second kappa shape index (κ2) is 7.98. The van der Waals surface area contributed by atoms with Gasteiger partial charge in [0, 0.05) is 36.8 Å². The number of aromatic nitrogens is 3. The number of nitrogens with two attached hydrogens (primary N) is 1. The summed E-state index contributed by atoms with van der Waals surface area (Å²) in [5.41, 5.74) is 8.29. The van der Waals surface area contributed by atoms with Gasteiger partial charge in [-0.25, -0.2) is 9.67 Å². The fourth-order valence-electron chi connectivity index (χ4n) is 4.48. The van der Waals surface area contributed by atoms with Crippen LogP contribution in [-0.4, -0.2) is 68.1 Å². The molecule has 2 aromatic rings. The van der Waals surface area contributed by atoms with E-state index in [0.717, 1.165) is 41.1 Å². The average Bonchev–Trinajstić information content (AvgIpc) is 3.34. The van der Waals surface area contributed by atoms with Gasteiger partial charge in [0.05, 0.1) is 17.6 Å². The zero-order valence-corrected chi connectivity index (χ0v) is 19.4. The standard InChI is InChI=1S/C24H31N7O2/c1-15(2)31-22(27-14-28-31)16(3)11-29-8-9-33-20-10-17(4-5-19(20)21(29)25)18-12-30(13-18)23(32)24(26)6-7-24/h4-5,10-11,14-15,18,25H,6-9,12-13,26H2,1-3H3/b16-11+,25-21?. The number of likely N-dealkylation sites (tertiary alicyclic amines) is 1. The number of hydrogen-bond acceptors (Lipinski definition) is 6. The highest BCUT2D eigenvalue weighted by atomic mass is 16.5. The molecule has 3 N–H and O–H groups in total. The third-order valence-electron chi connectivity index (χ3n) is 6.76. The summed E-state index contributed by atoms with van der Waals surface area (Å²) in [6.07, 6.45) is 5.10. The smallest absolute Gasteiger partial charge is 0.242 e. The van der Waals surface area contributed by atoms with Crippen molar-refractivity contribution in [3.63, 3.8) is 0 Å². The van der Waals surface area contributed by atoms with Crippen molar-refractivity contribution in [1.29, 1.82) is 5.41 Å². The number of ether oxygens (including phenoxy) is 1. The topological polar surface area (TPSA) is 113 Å². The molecule has 2 fully saturated rings. The minimum Gasteiger partial charge on any atom is -0.491 e. The van der Waals surface area contributed by atoms with Gasteiger partial charge in [-0.2, -0.15) is 5.10 Å². The van der Waals surface area contributed by atoms with Crippen LogP contribution < -0.4 is 10.5 Å². The van der Waals surface area contributed by atoms with E-state index >= 15 is 0 Å². The van der Waals surface area contributed by atoms with Gasteiger partial charge in [-0.3, -0.25) is 10.2 Å². The molecule has 1 amide bonds. The van der Waals surface area contributed by atoms with Crippen molar-refractivity contribution in [2.24, 2.45) is 5.73 Å². The molecule has 9 nitrogen and oxygen atoms in total. The van der Waals surface area contributed by atoms with Gasteiger partial charge in [0.15, 0.2) is 5.82 Å². The molecule has 1 aromatic heterocycles. The van der Waals surface area contributed by atoms with Crippen LogP contribution in [0, 0.1) is 5.41 Å². The predicted octanol–water partition coefficient (Wildman–Crippen LogP) is 2.36. The molecular formula is C24H31N7O2. The lowest BCUT2D eigenvalue weighted by Crippen LogP contribution is -2.55. The molecular weight excluding hydrogens is 418 g/mol. The first-order valence-corrected chi connectivity index (χ1v) is 11.6. The molecule has 9 heteroatoms. The Labute approximate surface area is 193 Å². The van der Waals surface area contributed by atoms with Crippen LogP contribution >= 0.6 is 0 Å². The van der Waals surface area contributed by atoms with Gasteiger partial charge in [-0.1, -0.05) is 6.07 Å². The van der Waals surface area contributed by atoms with Crippen LogP contribution in [0.4, 0.5) is 0 Å². The molecule has 0 bridgehead atoms. The summed E-state index contributed by atoms with van der Waals surface area (Å²) in [6, 6.07) is 6.24. The minimum atomic E-state index is -0.603. The Morgan fingerprint density at radius 2 is 2.09 bits per heavy atom. The monoisotopic (exact) mass is 449 g/mol. The molecule has 33 heavy (non-hydrogen) atoms. The van der Waals surface area contributed by atoms with Crippen molar-refractivity contribution in [2.75, 3.05) is 26.2 Å². The summed E-state index contributed by atoms with van der Waals surface area (Å²) in [5, 5.41) is 13.1. The molecule has 174 valence electrons. The lowest BCUT2D eigenvalue weighted by molar-refractivity contribution is -0.138. The molecule has 1 saturated heterocycles. The van der Waals surface area contributed by atoms with Gasteiger partial charge < -0.3 is 20.3 Å². The Kier molecular flexibility index (Phi) is 5.23. The first kappa shape index (κ1) is 21.6. The minimum absolute atomic E-state index is 0.0811. The summed E-state index contributed by atoms with van der Waals surface area (Å²) >= 11 is 0. The van der Waals surface area contributed by atoms with Crippen molar-refractivity contribution in [3.05, 3.63) is 47.7 Å². The number of benzene rings is 1. The molecule has 0 atom stereocenters. The molecule has 0 radical (unpaired) electrons. The maximum atomic E-state index is 12.4. The number of rotatable bonds is 5. The van der Waals surface area contributed by atoms with Gasteiger partial charge in [0.2, 0.25) is 5.91 Å². The van der Waals surface area contributed by atoms with Crippen LogP contribution in [0.2, 0.25) is 0 Å². The lowest BCUT2D eigenvalue weighted by atomic mass is 9.89. The molecule has 1 aliphatic carbocycles. The summed E-state index contributed by atoms with van der Waals surface area (Å²) in [5.74, 6) is 2.28. The molecule has 3 heterocycles. The van der Waals surface area contributed by atoms with Gasteiger partial charge >= 0.3 is 0 Å². The normalized spacial score (nSPS) is 20.3. The lowest BCUT2D eigenvalue weighted by Gasteiger charge is -2.41. The average molecular weight is 450 g/mol. The third-order valence-corrected chi connectivity index (χ3v) is 6.76. The highest BCUT2D eigenvalue weighted by Gasteiger charge is 2.50. The number of nitrogens with zero attached hydrogens (tertiary/aromatic N) is 5. The maximum absolute atomic E-state index is 12.4. The molecule has 1 saturated carbocycles. The Balaban J connectivity index is 1.31. The number of carbonyl (C=O) groups is 1. The highest BCUT2D eigenvalue weighted by molar-refractivity contribution is 6.00. The number of fused-ring (bicyclic) bond motifs is 1.